The van der Waals surface area contributed by atoms with Gasteiger partial charge in [-0.05, 0) is 18.6 Å². The van der Waals surface area contributed by atoms with E-state index < -0.39 is 0 Å². The highest BCUT2D eigenvalue weighted by molar-refractivity contribution is 7.80. The highest BCUT2D eigenvalue weighted by atomic mass is 32.1. The molecule has 0 aliphatic rings. The first-order valence-corrected chi connectivity index (χ1v) is 4.54. The van der Waals surface area contributed by atoms with Crippen LogP contribution in [0.15, 0.2) is 0 Å². The molecule has 0 fully saturated rings. The molecule has 2 nitrogen and oxygen atoms in total. The van der Waals surface area contributed by atoms with Gasteiger partial charge in [-0.25, -0.2) is 0 Å². The number of nitrogens with one attached hydrogen (secondary N) is 1. The fraction of sp³-hybridized carbons (Fsp3) is 0.875. The summed E-state index contributed by atoms with van der Waals surface area (Å²) < 4.78 is 4.78. The van der Waals surface area contributed by atoms with Gasteiger partial charge in [0, 0.05) is 6.54 Å². The Hall–Kier alpha value is -0.310. The zero-order valence-electron chi connectivity index (χ0n) is 7.35. The van der Waals surface area contributed by atoms with E-state index in [9.17, 15) is 0 Å². The predicted molar refractivity (Wildman–Crippen MR) is 51.8 cm³/mol. The fourth-order valence-electron chi connectivity index (χ4n) is 0.814. The van der Waals surface area contributed by atoms with Crippen molar-refractivity contribution in [3.05, 3.63) is 0 Å². The molecule has 0 amide bonds. The lowest BCUT2D eigenvalue weighted by atomic mass is 10.2. The third-order valence-corrected chi connectivity index (χ3v) is 1.80. The molecule has 0 spiro atoms. The van der Waals surface area contributed by atoms with Crippen molar-refractivity contribution < 1.29 is 4.74 Å². The van der Waals surface area contributed by atoms with E-state index in [2.05, 4.69) is 12.2 Å². The van der Waals surface area contributed by atoms with Crippen LogP contribution in [0.1, 0.15) is 32.6 Å². The maximum Gasteiger partial charge on any atom is 0.256 e. The summed E-state index contributed by atoms with van der Waals surface area (Å²) in [4.78, 5) is 0. The van der Waals surface area contributed by atoms with Crippen LogP contribution >= 0.6 is 12.2 Å². The number of methoxy groups -OCH3 is 1. The lowest BCUT2D eigenvalue weighted by Gasteiger charge is -2.04. The molecular formula is C8H17NOS. The molecule has 66 valence electrons. The van der Waals surface area contributed by atoms with Gasteiger partial charge in [0.25, 0.3) is 5.17 Å². The predicted octanol–water partition coefficient (Wildman–Crippen LogP) is 2.09. The first kappa shape index (κ1) is 10.7. The van der Waals surface area contributed by atoms with E-state index in [0.717, 1.165) is 6.54 Å². The smallest absolute Gasteiger partial charge is 0.256 e. The highest BCUT2D eigenvalue weighted by Gasteiger charge is 1.91. The number of rotatable bonds is 5. The second kappa shape index (κ2) is 7.79. The Morgan fingerprint density at radius 1 is 1.36 bits per heavy atom. The highest BCUT2D eigenvalue weighted by Crippen LogP contribution is 1.96. The second-order valence-electron chi connectivity index (χ2n) is 2.48. The van der Waals surface area contributed by atoms with Gasteiger partial charge in [-0.15, -0.1) is 0 Å². The average molecular weight is 175 g/mol. The van der Waals surface area contributed by atoms with Gasteiger partial charge in [0.1, 0.15) is 0 Å². The van der Waals surface area contributed by atoms with E-state index in [4.69, 9.17) is 17.0 Å². The molecule has 0 atom stereocenters. The quantitative estimate of drug-likeness (QED) is 0.510. The normalized spacial score (nSPS) is 9.27. The van der Waals surface area contributed by atoms with Gasteiger partial charge in [0.2, 0.25) is 0 Å². The first-order valence-electron chi connectivity index (χ1n) is 4.13. The van der Waals surface area contributed by atoms with Crippen molar-refractivity contribution in [1.82, 2.24) is 5.32 Å². The Kier molecular flexibility index (Phi) is 7.57. The number of hydrogen-bond donors (Lipinski definition) is 1. The summed E-state index contributed by atoms with van der Waals surface area (Å²) in [5.41, 5.74) is 0. The van der Waals surface area contributed by atoms with Crippen molar-refractivity contribution in [3.63, 3.8) is 0 Å². The Morgan fingerprint density at radius 3 is 2.64 bits per heavy atom. The molecule has 0 heterocycles. The minimum absolute atomic E-state index is 0.501. The molecule has 1 N–H and O–H groups in total. The topological polar surface area (TPSA) is 21.3 Å². The number of hydrogen-bond acceptors (Lipinski definition) is 2. The van der Waals surface area contributed by atoms with E-state index in [1.54, 1.807) is 7.11 Å². The Balaban J connectivity index is 2.95. The summed E-state index contributed by atoms with van der Waals surface area (Å²) in [7, 11) is 1.58. The number of thiocarbonyl (C=S) groups is 1. The molecule has 0 aliphatic carbocycles. The summed E-state index contributed by atoms with van der Waals surface area (Å²) in [5, 5.41) is 3.50. The van der Waals surface area contributed by atoms with E-state index in [-0.39, 0.29) is 0 Å². The summed E-state index contributed by atoms with van der Waals surface area (Å²) >= 11 is 4.80. The molecule has 0 rings (SSSR count). The zero-order chi connectivity index (χ0) is 8.53. The maximum absolute atomic E-state index is 4.80. The minimum Gasteiger partial charge on any atom is -0.474 e. The largest absolute Gasteiger partial charge is 0.474 e. The van der Waals surface area contributed by atoms with Gasteiger partial charge in [-0.2, -0.15) is 0 Å². The molecule has 11 heavy (non-hydrogen) atoms. The molecule has 0 aromatic rings. The molecule has 0 radical (unpaired) electrons. The first-order chi connectivity index (χ1) is 5.31. The van der Waals surface area contributed by atoms with Gasteiger partial charge in [0.05, 0.1) is 7.11 Å². The van der Waals surface area contributed by atoms with E-state index in [1.165, 1.54) is 25.7 Å². The Morgan fingerprint density at radius 2 is 2.09 bits per heavy atom. The molecule has 0 unspecified atom stereocenters. The van der Waals surface area contributed by atoms with Crippen LogP contribution in [0.4, 0.5) is 0 Å². The molecule has 0 saturated carbocycles. The van der Waals surface area contributed by atoms with Crippen LogP contribution in [-0.2, 0) is 4.74 Å². The van der Waals surface area contributed by atoms with Gasteiger partial charge < -0.3 is 10.1 Å². The van der Waals surface area contributed by atoms with Crippen LogP contribution in [0.25, 0.3) is 0 Å². The average Bonchev–Trinajstić information content (AvgIpc) is 2.04. The van der Waals surface area contributed by atoms with Crippen molar-refractivity contribution in [2.24, 2.45) is 0 Å². The lowest BCUT2D eigenvalue weighted by Crippen LogP contribution is -2.23. The summed E-state index contributed by atoms with van der Waals surface area (Å²) in [6.07, 6.45) is 5.03. The molecule has 3 heteroatoms. The van der Waals surface area contributed by atoms with Crippen LogP contribution in [-0.4, -0.2) is 18.8 Å². The third kappa shape index (κ3) is 7.59. The second-order valence-corrected chi connectivity index (χ2v) is 2.85. The Bertz CT molecular complexity index is 106. The lowest BCUT2D eigenvalue weighted by molar-refractivity contribution is 0.392. The van der Waals surface area contributed by atoms with E-state index in [1.807, 2.05) is 0 Å². The summed E-state index contributed by atoms with van der Waals surface area (Å²) in [5.74, 6) is 0. The van der Waals surface area contributed by atoms with Crippen molar-refractivity contribution in [2.75, 3.05) is 13.7 Å². The van der Waals surface area contributed by atoms with Gasteiger partial charge in [-0.1, -0.05) is 26.2 Å². The number of ether oxygens (including phenoxy) is 1. The monoisotopic (exact) mass is 175 g/mol. The van der Waals surface area contributed by atoms with Crippen molar-refractivity contribution in [1.29, 1.82) is 0 Å². The third-order valence-electron chi connectivity index (χ3n) is 1.49. The molecule has 0 saturated heterocycles. The van der Waals surface area contributed by atoms with Crippen LogP contribution in [0.2, 0.25) is 0 Å². The van der Waals surface area contributed by atoms with Crippen molar-refractivity contribution >= 4 is 17.4 Å². The van der Waals surface area contributed by atoms with Crippen LogP contribution in [0.5, 0.6) is 0 Å². The fourth-order valence-corrected chi connectivity index (χ4v) is 0.916. The van der Waals surface area contributed by atoms with Crippen molar-refractivity contribution in [3.8, 4) is 0 Å². The van der Waals surface area contributed by atoms with Crippen LogP contribution in [0, 0.1) is 0 Å². The van der Waals surface area contributed by atoms with E-state index >= 15 is 0 Å². The summed E-state index contributed by atoms with van der Waals surface area (Å²) in [6, 6.07) is 0. The standard InChI is InChI=1S/C8H17NOS/c1-3-4-5-6-7-9-8(11)10-2/h3-7H2,1-2H3,(H,9,11). The van der Waals surface area contributed by atoms with Crippen LogP contribution in [0.3, 0.4) is 0 Å². The zero-order valence-corrected chi connectivity index (χ0v) is 8.17. The maximum atomic E-state index is 4.80. The molecule has 0 aromatic carbocycles. The SMILES string of the molecule is CCCCCCNC(=S)OC. The Labute approximate surface area is 74.3 Å². The minimum atomic E-state index is 0.501. The van der Waals surface area contributed by atoms with Gasteiger partial charge in [0.15, 0.2) is 0 Å². The molecule has 0 aromatic heterocycles. The van der Waals surface area contributed by atoms with E-state index in [0.29, 0.717) is 5.17 Å². The molecule has 0 bridgehead atoms. The van der Waals surface area contributed by atoms with Crippen molar-refractivity contribution in [2.45, 2.75) is 32.6 Å². The van der Waals surface area contributed by atoms with Gasteiger partial charge >= 0.3 is 0 Å². The summed E-state index contributed by atoms with van der Waals surface area (Å²) in [6.45, 7) is 3.14. The number of unbranched alkanes of at least 4 members (excludes halogenated alkanes) is 3. The molecule has 0 aliphatic heterocycles. The van der Waals surface area contributed by atoms with Crippen LogP contribution < -0.4 is 5.32 Å². The van der Waals surface area contributed by atoms with Gasteiger partial charge in [-0.3, -0.25) is 0 Å². The molecular weight excluding hydrogens is 158 g/mol.